The molecule has 1 heterocycles. The van der Waals surface area contributed by atoms with Crippen LogP contribution in [0.2, 0.25) is 0 Å². The summed E-state index contributed by atoms with van der Waals surface area (Å²) in [6.07, 6.45) is 5.14. The van der Waals surface area contributed by atoms with Crippen LogP contribution < -0.4 is 16.0 Å². The summed E-state index contributed by atoms with van der Waals surface area (Å²) in [6.45, 7) is 5.61. The zero-order valence-corrected chi connectivity index (χ0v) is 17.1. The van der Waals surface area contributed by atoms with Crippen LogP contribution in [0.3, 0.4) is 0 Å². The summed E-state index contributed by atoms with van der Waals surface area (Å²) < 4.78 is 10.8. The third-order valence-corrected chi connectivity index (χ3v) is 3.57. The molecule has 0 spiro atoms. The molecule has 7 nitrogen and oxygen atoms in total. The molecule has 1 aromatic heterocycles. The molecule has 1 aromatic rings. The first-order valence-corrected chi connectivity index (χ1v) is 8.67. The summed E-state index contributed by atoms with van der Waals surface area (Å²) in [7, 11) is 0. The minimum atomic E-state index is -0.142. The second-order valence-corrected chi connectivity index (χ2v) is 5.85. The second kappa shape index (κ2) is 13.0. The van der Waals surface area contributed by atoms with E-state index in [-0.39, 0.29) is 36.4 Å². The number of nitrogens with one attached hydrogen (secondary N) is 3. The van der Waals surface area contributed by atoms with Crippen LogP contribution in [0, 0.1) is 5.92 Å². The van der Waals surface area contributed by atoms with Gasteiger partial charge in [0.25, 0.3) is 0 Å². The molecule has 3 N–H and O–H groups in total. The van der Waals surface area contributed by atoms with E-state index < -0.39 is 0 Å². The van der Waals surface area contributed by atoms with Crippen LogP contribution in [0.5, 0.6) is 0 Å². The normalized spacial score (nSPS) is 13.9. The molecule has 142 valence electrons. The molecule has 1 fully saturated rings. The number of aliphatic imine (C=N–C) groups is 1. The van der Waals surface area contributed by atoms with E-state index in [0.717, 1.165) is 44.4 Å². The number of nitrogens with zero attached hydrogens (tertiary/aromatic N) is 1. The minimum absolute atomic E-state index is 0. The molecule has 0 unspecified atom stereocenters. The first-order chi connectivity index (χ1) is 11.8. The third kappa shape index (κ3) is 10.3. The van der Waals surface area contributed by atoms with E-state index in [4.69, 9.17) is 9.15 Å². The maximum absolute atomic E-state index is 11.8. The summed E-state index contributed by atoms with van der Waals surface area (Å²) in [6, 6.07) is 3.61. The third-order valence-electron chi connectivity index (χ3n) is 3.57. The maximum Gasteiger partial charge on any atom is 0.242 e. The molecule has 1 aliphatic carbocycles. The fraction of sp³-hybridized carbons (Fsp3) is 0.647. The highest BCUT2D eigenvalue weighted by molar-refractivity contribution is 14.0. The van der Waals surface area contributed by atoms with Gasteiger partial charge in [0.05, 0.1) is 12.8 Å². The van der Waals surface area contributed by atoms with Crippen LogP contribution >= 0.6 is 24.0 Å². The van der Waals surface area contributed by atoms with Crippen LogP contribution in [0.4, 0.5) is 0 Å². The average Bonchev–Trinajstić information content (AvgIpc) is 3.26. The van der Waals surface area contributed by atoms with Gasteiger partial charge in [0.15, 0.2) is 5.96 Å². The number of amides is 1. The Bertz CT molecular complexity index is 504. The Morgan fingerprint density at radius 2 is 2.20 bits per heavy atom. The SMILES string of the molecule is CCNC(=NCC(=O)NCc1ccco1)NCCCOCC1CC1.I. The van der Waals surface area contributed by atoms with Crippen LogP contribution in [0.1, 0.15) is 31.9 Å². The van der Waals surface area contributed by atoms with E-state index in [1.165, 1.54) is 12.8 Å². The van der Waals surface area contributed by atoms with E-state index in [1.54, 1.807) is 12.3 Å². The standard InChI is InChI=1S/C17H28N4O3.HI/c1-2-18-17(19-8-4-9-23-13-14-6-7-14)21-12-16(22)20-11-15-5-3-10-24-15;/h3,5,10,14H,2,4,6-9,11-13H2,1H3,(H,20,22)(H2,18,19,21);1H. The molecule has 1 amide bonds. The Balaban J connectivity index is 0.00000312. The molecule has 0 aromatic carbocycles. The molecule has 8 heteroatoms. The molecular formula is C17H29IN4O3. The Hall–Kier alpha value is -1.29. The van der Waals surface area contributed by atoms with Crippen molar-refractivity contribution in [2.75, 3.05) is 32.8 Å². The largest absolute Gasteiger partial charge is 0.467 e. The van der Waals surface area contributed by atoms with Crippen molar-refractivity contribution in [1.82, 2.24) is 16.0 Å². The van der Waals surface area contributed by atoms with Crippen molar-refractivity contribution >= 4 is 35.8 Å². The van der Waals surface area contributed by atoms with Gasteiger partial charge in [-0.2, -0.15) is 0 Å². The Labute approximate surface area is 166 Å². The lowest BCUT2D eigenvalue weighted by atomic mass is 10.4. The molecule has 2 rings (SSSR count). The van der Waals surface area contributed by atoms with Gasteiger partial charge in [-0.3, -0.25) is 4.79 Å². The first kappa shape index (κ1) is 21.8. The molecule has 0 radical (unpaired) electrons. The molecule has 0 bridgehead atoms. The second-order valence-electron chi connectivity index (χ2n) is 5.85. The summed E-state index contributed by atoms with van der Waals surface area (Å²) in [4.78, 5) is 16.1. The molecule has 0 saturated heterocycles. The van der Waals surface area contributed by atoms with E-state index in [9.17, 15) is 4.79 Å². The number of carbonyl (C=O) groups is 1. The zero-order chi connectivity index (χ0) is 17.0. The van der Waals surface area contributed by atoms with Crippen LogP contribution in [-0.2, 0) is 16.1 Å². The molecule has 0 aliphatic heterocycles. The van der Waals surface area contributed by atoms with Gasteiger partial charge >= 0.3 is 0 Å². The average molecular weight is 464 g/mol. The van der Waals surface area contributed by atoms with Gasteiger partial charge in [0.1, 0.15) is 12.3 Å². The van der Waals surface area contributed by atoms with Gasteiger partial charge in [-0.15, -0.1) is 24.0 Å². The molecule has 1 saturated carbocycles. The number of carbonyl (C=O) groups excluding carboxylic acids is 1. The summed E-state index contributed by atoms with van der Waals surface area (Å²) in [5.74, 6) is 2.03. The molecule has 0 atom stereocenters. The topological polar surface area (TPSA) is 87.9 Å². The van der Waals surface area contributed by atoms with Gasteiger partial charge in [-0.05, 0) is 44.2 Å². The molecular weight excluding hydrogens is 435 g/mol. The maximum atomic E-state index is 11.8. The highest BCUT2D eigenvalue weighted by Gasteiger charge is 2.20. The summed E-state index contributed by atoms with van der Waals surface area (Å²) in [5.41, 5.74) is 0. The van der Waals surface area contributed by atoms with Crippen molar-refractivity contribution < 1.29 is 13.9 Å². The van der Waals surface area contributed by atoms with Gasteiger partial charge in [0, 0.05) is 26.3 Å². The fourth-order valence-corrected chi connectivity index (χ4v) is 2.06. The van der Waals surface area contributed by atoms with Crippen molar-refractivity contribution in [3.05, 3.63) is 24.2 Å². The van der Waals surface area contributed by atoms with Crippen LogP contribution in [-0.4, -0.2) is 44.7 Å². The lowest BCUT2D eigenvalue weighted by Gasteiger charge is -2.11. The number of ether oxygens (including phenoxy) is 1. The van der Waals surface area contributed by atoms with Crippen molar-refractivity contribution in [3.63, 3.8) is 0 Å². The Morgan fingerprint density at radius 3 is 2.88 bits per heavy atom. The van der Waals surface area contributed by atoms with Crippen molar-refractivity contribution in [1.29, 1.82) is 0 Å². The van der Waals surface area contributed by atoms with E-state index in [2.05, 4.69) is 20.9 Å². The Morgan fingerprint density at radius 1 is 1.36 bits per heavy atom. The Kier molecular flexibility index (Phi) is 11.3. The number of furan rings is 1. The number of guanidine groups is 1. The fourth-order valence-electron chi connectivity index (χ4n) is 2.06. The van der Waals surface area contributed by atoms with E-state index >= 15 is 0 Å². The number of halogens is 1. The molecule has 1 aliphatic rings. The van der Waals surface area contributed by atoms with Gasteiger partial charge in [0.2, 0.25) is 5.91 Å². The minimum Gasteiger partial charge on any atom is -0.467 e. The predicted molar refractivity (Wildman–Crippen MR) is 108 cm³/mol. The number of hydrogen-bond acceptors (Lipinski definition) is 4. The number of rotatable bonds is 11. The van der Waals surface area contributed by atoms with Crippen molar-refractivity contribution in [2.45, 2.75) is 32.7 Å². The molecule has 25 heavy (non-hydrogen) atoms. The predicted octanol–water partition coefficient (Wildman–Crippen LogP) is 1.89. The lowest BCUT2D eigenvalue weighted by Crippen LogP contribution is -2.39. The van der Waals surface area contributed by atoms with Gasteiger partial charge < -0.3 is 25.1 Å². The lowest BCUT2D eigenvalue weighted by molar-refractivity contribution is -0.119. The van der Waals surface area contributed by atoms with E-state index in [1.807, 2.05) is 13.0 Å². The van der Waals surface area contributed by atoms with Crippen LogP contribution in [0.25, 0.3) is 0 Å². The van der Waals surface area contributed by atoms with Crippen molar-refractivity contribution in [3.8, 4) is 0 Å². The summed E-state index contributed by atoms with van der Waals surface area (Å²) in [5, 5.41) is 9.10. The quantitative estimate of drug-likeness (QED) is 0.202. The van der Waals surface area contributed by atoms with Gasteiger partial charge in [-0.1, -0.05) is 0 Å². The summed E-state index contributed by atoms with van der Waals surface area (Å²) >= 11 is 0. The number of hydrogen-bond donors (Lipinski definition) is 3. The van der Waals surface area contributed by atoms with E-state index in [0.29, 0.717) is 12.5 Å². The highest BCUT2D eigenvalue weighted by Crippen LogP contribution is 2.28. The smallest absolute Gasteiger partial charge is 0.242 e. The van der Waals surface area contributed by atoms with Gasteiger partial charge in [-0.25, -0.2) is 4.99 Å². The van der Waals surface area contributed by atoms with Crippen molar-refractivity contribution in [2.24, 2.45) is 10.9 Å². The first-order valence-electron chi connectivity index (χ1n) is 8.67. The monoisotopic (exact) mass is 464 g/mol. The highest BCUT2D eigenvalue weighted by atomic mass is 127. The zero-order valence-electron chi connectivity index (χ0n) is 14.8. The van der Waals surface area contributed by atoms with Crippen LogP contribution in [0.15, 0.2) is 27.8 Å².